The molecule has 0 bridgehead atoms. The Labute approximate surface area is 198 Å². The van der Waals surface area contributed by atoms with E-state index in [4.69, 9.17) is 4.98 Å². The first kappa shape index (κ1) is 22.7. The molecule has 2 fully saturated rings. The van der Waals surface area contributed by atoms with E-state index in [1.165, 1.54) is 4.70 Å². The second kappa shape index (κ2) is 8.94. The molecule has 0 aliphatic carbocycles. The topological polar surface area (TPSA) is 75.5 Å². The number of aromatic nitrogens is 2. The third kappa shape index (κ3) is 4.77. The van der Waals surface area contributed by atoms with Crippen LogP contribution < -0.4 is 0 Å². The first-order valence-corrected chi connectivity index (χ1v) is 14.1. The molecular weight excluding hydrogens is 456 g/mol. The van der Waals surface area contributed by atoms with Crippen molar-refractivity contribution in [3.05, 3.63) is 52.3 Å². The Kier molecular flexibility index (Phi) is 6.15. The van der Waals surface area contributed by atoms with Gasteiger partial charge in [0, 0.05) is 49.2 Å². The van der Waals surface area contributed by atoms with Crippen molar-refractivity contribution in [2.24, 2.45) is 0 Å². The molecule has 0 unspecified atom stereocenters. The highest BCUT2D eigenvalue weighted by atomic mass is 32.2. The van der Waals surface area contributed by atoms with E-state index in [9.17, 15) is 13.2 Å². The summed E-state index contributed by atoms with van der Waals surface area (Å²) < 4.78 is 27.2. The van der Waals surface area contributed by atoms with Crippen LogP contribution in [0.3, 0.4) is 0 Å². The Morgan fingerprint density at radius 3 is 2.55 bits per heavy atom. The molecule has 3 aromatic rings. The smallest absolute Gasteiger partial charge is 0.178 e. The van der Waals surface area contributed by atoms with Crippen LogP contribution in [-0.4, -0.2) is 77.8 Å². The summed E-state index contributed by atoms with van der Waals surface area (Å²) in [5.41, 5.74) is 3.66. The Hall–Kier alpha value is -2.07. The average molecular weight is 487 g/mol. The molecule has 2 aliphatic heterocycles. The second-order valence-corrected chi connectivity index (χ2v) is 12.6. The SMILES string of the molecule is Cc1cc(C(=O)CN2CCN(Cc3nc4ccccc4s3)CC2)c(C)n1[C@H]1CCS(=O)(=O)C1. The number of carbonyl (C=O) groups excluding carboxylic acids is 1. The fraction of sp³-hybridized carbons (Fsp3) is 0.500. The number of fused-ring (bicyclic) bond motifs is 1. The molecule has 0 spiro atoms. The molecule has 0 amide bonds. The van der Waals surface area contributed by atoms with Crippen LogP contribution in [0.2, 0.25) is 0 Å². The number of ketones is 1. The number of sulfone groups is 1. The number of aryl methyl sites for hydroxylation is 1. The molecular formula is C24H30N4O3S2. The van der Waals surface area contributed by atoms with E-state index in [1.807, 2.05) is 32.0 Å². The van der Waals surface area contributed by atoms with Gasteiger partial charge < -0.3 is 4.57 Å². The van der Waals surface area contributed by atoms with Crippen LogP contribution in [0.25, 0.3) is 10.2 Å². The van der Waals surface area contributed by atoms with Crippen molar-refractivity contribution in [2.45, 2.75) is 32.9 Å². The Morgan fingerprint density at radius 2 is 1.85 bits per heavy atom. The molecule has 7 nitrogen and oxygen atoms in total. The Bertz CT molecular complexity index is 1250. The van der Waals surface area contributed by atoms with Gasteiger partial charge in [0.15, 0.2) is 15.6 Å². The van der Waals surface area contributed by atoms with Gasteiger partial charge in [0.1, 0.15) is 5.01 Å². The first-order chi connectivity index (χ1) is 15.8. The van der Waals surface area contributed by atoms with Crippen molar-refractivity contribution in [1.29, 1.82) is 0 Å². The molecule has 0 saturated carbocycles. The van der Waals surface area contributed by atoms with Gasteiger partial charge >= 0.3 is 0 Å². The molecule has 9 heteroatoms. The van der Waals surface area contributed by atoms with E-state index in [0.29, 0.717) is 13.0 Å². The van der Waals surface area contributed by atoms with Crippen molar-refractivity contribution in [2.75, 3.05) is 44.2 Å². The van der Waals surface area contributed by atoms with Gasteiger partial charge in [-0.15, -0.1) is 11.3 Å². The molecule has 0 N–H and O–H groups in total. The number of thiazole rings is 1. The van der Waals surface area contributed by atoms with Gasteiger partial charge in [-0.2, -0.15) is 0 Å². The summed E-state index contributed by atoms with van der Waals surface area (Å²) in [6.45, 7) is 8.72. The van der Waals surface area contributed by atoms with Crippen LogP contribution >= 0.6 is 11.3 Å². The van der Waals surface area contributed by atoms with E-state index in [1.54, 1.807) is 11.3 Å². The van der Waals surface area contributed by atoms with Gasteiger partial charge in [-0.1, -0.05) is 12.1 Å². The largest absolute Gasteiger partial charge is 0.344 e. The van der Waals surface area contributed by atoms with Crippen LogP contribution in [0.1, 0.15) is 39.2 Å². The van der Waals surface area contributed by atoms with E-state index in [-0.39, 0.29) is 23.3 Å². The van der Waals surface area contributed by atoms with Gasteiger partial charge in [0.05, 0.1) is 34.8 Å². The summed E-state index contributed by atoms with van der Waals surface area (Å²) in [4.78, 5) is 22.5. The molecule has 4 heterocycles. The van der Waals surface area contributed by atoms with E-state index < -0.39 is 9.84 Å². The van der Waals surface area contributed by atoms with E-state index in [2.05, 4.69) is 26.5 Å². The molecule has 1 aromatic carbocycles. The summed E-state index contributed by atoms with van der Waals surface area (Å²) in [6.07, 6.45) is 0.628. The van der Waals surface area contributed by atoms with E-state index >= 15 is 0 Å². The number of para-hydroxylation sites is 1. The quantitative estimate of drug-likeness (QED) is 0.499. The third-order valence-corrected chi connectivity index (χ3v) is 9.66. The molecule has 2 aliphatic rings. The number of Topliss-reactive ketones (excluding diaryl/α,β-unsaturated/α-hetero) is 1. The molecule has 1 atom stereocenters. The van der Waals surface area contributed by atoms with Crippen LogP contribution in [0.15, 0.2) is 30.3 Å². The molecule has 2 saturated heterocycles. The van der Waals surface area contributed by atoms with Crippen LogP contribution in [-0.2, 0) is 16.4 Å². The van der Waals surface area contributed by atoms with Crippen LogP contribution in [0, 0.1) is 13.8 Å². The standard InChI is InChI=1S/C24H30N4O3S2/c1-17-13-20(18(2)28(17)19-7-12-33(30,31)16-19)22(29)14-26-8-10-27(11-9-26)15-24-25-21-5-3-4-6-23(21)32-24/h3-6,13,19H,7-12,14-16H2,1-2H3/t19-/m0/s1. The monoisotopic (exact) mass is 486 g/mol. The summed E-state index contributed by atoms with van der Waals surface area (Å²) in [7, 11) is -2.97. The average Bonchev–Trinajstić information content (AvgIpc) is 3.43. The molecule has 0 radical (unpaired) electrons. The first-order valence-electron chi connectivity index (χ1n) is 11.5. The number of hydrogen-bond acceptors (Lipinski definition) is 7. The second-order valence-electron chi connectivity index (χ2n) is 9.26. The van der Waals surface area contributed by atoms with Crippen molar-refractivity contribution in [1.82, 2.24) is 19.4 Å². The number of piperazine rings is 1. The fourth-order valence-electron chi connectivity index (χ4n) is 5.17. The van der Waals surface area contributed by atoms with Crippen molar-refractivity contribution < 1.29 is 13.2 Å². The Balaban J connectivity index is 1.18. The molecule has 176 valence electrons. The fourth-order valence-corrected chi connectivity index (χ4v) is 7.88. The van der Waals surface area contributed by atoms with E-state index in [0.717, 1.165) is 60.2 Å². The van der Waals surface area contributed by atoms with Crippen LogP contribution in [0.4, 0.5) is 0 Å². The predicted octanol–water partition coefficient (Wildman–Crippen LogP) is 3.07. The van der Waals surface area contributed by atoms with Gasteiger partial charge in [-0.25, -0.2) is 13.4 Å². The summed E-state index contributed by atoms with van der Waals surface area (Å²) in [5, 5.41) is 1.14. The lowest BCUT2D eigenvalue weighted by Gasteiger charge is -2.33. The summed E-state index contributed by atoms with van der Waals surface area (Å²) in [6, 6.07) is 10.1. The number of nitrogens with zero attached hydrogens (tertiary/aromatic N) is 4. The minimum atomic E-state index is -2.97. The number of benzene rings is 1. The highest BCUT2D eigenvalue weighted by molar-refractivity contribution is 7.91. The third-order valence-electron chi connectivity index (χ3n) is 6.89. The lowest BCUT2D eigenvalue weighted by molar-refractivity contribution is 0.0843. The minimum absolute atomic E-state index is 0.0531. The number of rotatable bonds is 6. The van der Waals surface area contributed by atoms with Gasteiger partial charge in [0.2, 0.25) is 0 Å². The zero-order chi connectivity index (χ0) is 23.2. The van der Waals surface area contributed by atoms with Crippen molar-refractivity contribution in [3.8, 4) is 0 Å². The normalized spacial score (nSPS) is 21.7. The Morgan fingerprint density at radius 1 is 1.12 bits per heavy atom. The van der Waals surface area contributed by atoms with Gasteiger partial charge in [-0.05, 0) is 38.5 Å². The minimum Gasteiger partial charge on any atom is -0.344 e. The molecule has 5 rings (SSSR count). The maximum atomic E-state index is 13.1. The number of hydrogen-bond donors (Lipinski definition) is 0. The maximum absolute atomic E-state index is 13.1. The highest BCUT2D eigenvalue weighted by Gasteiger charge is 2.32. The van der Waals surface area contributed by atoms with Crippen LogP contribution in [0.5, 0.6) is 0 Å². The zero-order valence-corrected chi connectivity index (χ0v) is 20.8. The van der Waals surface area contributed by atoms with Crippen molar-refractivity contribution in [3.63, 3.8) is 0 Å². The molecule has 2 aromatic heterocycles. The van der Waals surface area contributed by atoms with Gasteiger partial charge in [0.25, 0.3) is 0 Å². The lowest BCUT2D eigenvalue weighted by atomic mass is 10.1. The number of carbonyl (C=O) groups is 1. The highest BCUT2D eigenvalue weighted by Crippen LogP contribution is 2.29. The maximum Gasteiger partial charge on any atom is 0.178 e. The zero-order valence-electron chi connectivity index (χ0n) is 19.2. The van der Waals surface area contributed by atoms with Gasteiger partial charge in [-0.3, -0.25) is 14.6 Å². The predicted molar refractivity (Wildman–Crippen MR) is 132 cm³/mol. The summed E-state index contributed by atoms with van der Waals surface area (Å²) >= 11 is 1.75. The molecule has 33 heavy (non-hydrogen) atoms. The lowest BCUT2D eigenvalue weighted by Crippen LogP contribution is -2.47. The summed E-state index contributed by atoms with van der Waals surface area (Å²) in [5.74, 6) is 0.530. The van der Waals surface area contributed by atoms with Crippen molar-refractivity contribution >= 4 is 37.2 Å².